The van der Waals surface area contributed by atoms with Crippen LogP contribution in [-0.2, 0) is 27.1 Å². The number of nitrogens with one attached hydrogen (secondary N) is 2. The molecule has 0 unspecified atom stereocenters. The Morgan fingerprint density at radius 1 is 1.08 bits per heavy atom. The second kappa shape index (κ2) is 11.5. The van der Waals surface area contributed by atoms with Gasteiger partial charge in [0.25, 0.3) is 5.91 Å². The number of sulfonamides is 1. The third-order valence-corrected chi connectivity index (χ3v) is 8.32. The van der Waals surface area contributed by atoms with Crippen molar-refractivity contribution in [2.75, 3.05) is 18.4 Å². The quantitative estimate of drug-likeness (QED) is 0.423. The van der Waals surface area contributed by atoms with E-state index in [0.717, 1.165) is 0 Å². The minimum Gasteiger partial charge on any atom is -0.467 e. The smallest absolute Gasteiger partial charge is 0.253 e. The molecule has 2 amide bonds. The van der Waals surface area contributed by atoms with Crippen molar-refractivity contribution < 1.29 is 22.4 Å². The molecule has 0 radical (unpaired) electrons. The highest BCUT2D eigenvalue weighted by Gasteiger charge is 2.33. The van der Waals surface area contributed by atoms with E-state index in [-0.39, 0.29) is 35.7 Å². The summed E-state index contributed by atoms with van der Waals surface area (Å²) >= 11 is 12.1. The van der Waals surface area contributed by atoms with Crippen molar-refractivity contribution in [1.29, 1.82) is 0 Å². The number of hydrogen-bond donors (Lipinski definition) is 2. The Morgan fingerprint density at radius 2 is 1.89 bits per heavy atom. The number of anilines is 1. The fraction of sp³-hybridized carbons (Fsp3) is 0.280. The van der Waals surface area contributed by atoms with Crippen LogP contribution in [0.25, 0.3) is 0 Å². The van der Waals surface area contributed by atoms with Gasteiger partial charge in [0.05, 0.1) is 35.7 Å². The van der Waals surface area contributed by atoms with Crippen LogP contribution in [0.4, 0.5) is 5.69 Å². The normalized spacial score (nSPS) is 16.4. The highest BCUT2D eigenvalue weighted by atomic mass is 35.5. The van der Waals surface area contributed by atoms with Crippen LogP contribution in [0.3, 0.4) is 0 Å². The molecule has 4 rings (SSSR count). The zero-order valence-electron chi connectivity index (χ0n) is 19.2. The topological polar surface area (TPSA) is 109 Å². The molecule has 1 fully saturated rings. The Morgan fingerprint density at radius 3 is 2.64 bits per heavy atom. The number of para-hydroxylation sites is 1. The monoisotopic (exact) mass is 549 g/mol. The first-order chi connectivity index (χ1) is 17.2. The molecule has 0 saturated carbocycles. The molecule has 190 valence electrons. The summed E-state index contributed by atoms with van der Waals surface area (Å²) in [6.45, 7) is 0.580. The molecule has 1 aliphatic rings. The fourth-order valence-electron chi connectivity index (χ4n) is 4.04. The summed E-state index contributed by atoms with van der Waals surface area (Å²) in [5.41, 5.74) is 1.10. The Labute approximate surface area is 219 Å². The standard InChI is InChI=1S/C25H25Cl2N3O5S/c26-19-10-9-18(22(27)13-19)16-36(33,34)30-11-3-5-17(15-30)24(31)29-23-8-2-1-7-21(23)25(32)28-14-20-6-4-12-35-20/h1-2,4,6-10,12-13,17H,3,5,11,14-16H2,(H,28,32)(H,29,31)/t17-/m0/s1. The van der Waals surface area contributed by atoms with E-state index >= 15 is 0 Å². The first kappa shape index (κ1) is 26.2. The summed E-state index contributed by atoms with van der Waals surface area (Å²) in [4.78, 5) is 25.8. The van der Waals surface area contributed by atoms with Gasteiger partial charge in [0, 0.05) is 23.1 Å². The molecule has 11 heteroatoms. The minimum absolute atomic E-state index is 0.0478. The van der Waals surface area contributed by atoms with E-state index in [1.165, 1.54) is 16.6 Å². The molecule has 1 saturated heterocycles. The Kier molecular flexibility index (Phi) is 8.35. The number of halogens is 2. The molecule has 8 nitrogen and oxygen atoms in total. The molecule has 0 spiro atoms. The molecule has 2 aromatic carbocycles. The van der Waals surface area contributed by atoms with Crippen molar-refractivity contribution in [2.24, 2.45) is 5.92 Å². The molecule has 36 heavy (non-hydrogen) atoms. The van der Waals surface area contributed by atoms with Crippen LogP contribution in [0.5, 0.6) is 0 Å². The minimum atomic E-state index is -3.71. The molecular weight excluding hydrogens is 525 g/mol. The maximum atomic E-state index is 13.1. The van der Waals surface area contributed by atoms with Crippen molar-refractivity contribution in [2.45, 2.75) is 25.1 Å². The molecule has 3 aromatic rings. The number of carbonyl (C=O) groups is 2. The number of nitrogens with zero attached hydrogens (tertiary/aromatic N) is 1. The van der Waals surface area contributed by atoms with Gasteiger partial charge in [-0.25, -0.2) is 12.7 Å². The van der Waals surface area contributed by atoms with E-state index in [9.17, 15) is 18.0 Å². The van der Waals surface area contributed by atoms with Gasteiger partial charge in [-0.05, 0) is 54.8 Å². The van der Waals surface area contributed by atoms with Crippen LogP contribution in [0.15, 0.2) is 65.3 Å². The van der Waals surface area contributed by atoms with Crippen molar-refractivity contribution >= 4 is 50.7 Å². The van der Waals surface area contributed by atoms with Gasteiger partial charge in [-0.1, -0.05) is 41.4 Å². The van der Waals surface area contributed by atoms with Crippen molar-refractivity contribution in [3.8, 4) is 0 Å². The molecule has 0 bridgehead atoms. The predicted molar refractivity (Wildman–Crippen MR) is 138 cm³/mol. The van der Waals surface area contributed by atoms with E-state index in [4.69, 9.17) is 27.6 Å². The van der Waals surface area contributed by atoms with Crippen LogP contribution in [0.2, 0.25) is 10.0 Å². The average Bonchev–Trinajstić information content (AvgIpc) is 3.38. The Hall–Kier alpha value is -2.85. The van der Waals surface area contributed by atoms with Crippen molar-refractivity contribution in [1.82, 2.24) is 9.62 Å². The average molecular weight is 550 g/mol. The summed E-state index contributed by atoms with van der Waals surface area (Å²) in [6, 6.07) is 14.8. The van der Waals surface area contributed by atoms with E-state index in [2.05, 4.69) is 10.6 Å². The molecule has 1 atom stereocenters. The maximum Gasteiger partial charge on any atom is 0.253 e. The van der Waals surface area contributed by atoms with Crippen LogP contribution in [0.1, 0.15) is 34.5 Å². The summed E-state index contributed by atoms with van der Waals surface area (Å²) in [6.07, 6.45) is 2.59. The largest absolute Gasteiger partial charge is 0.467 e. The molecule has 2 N–H and O–H groups in total. The third kappa shape index (κ3) is 6.47. The van der Waals surface area contributed by atoms with E-state index < -0.39 is 15.9 Å². The Balaban J connectivity index is 1.41. The zero-order chi connectivity index (χ0) is 25.7. The van der Waals surface area contributed by atoms with Gasteiger partial charge in [-0.3, -0.25) is 9.59 Å². The highest BCUT2D eigenvalue weighted by Crippen LogP contribution is 2.27. The molecule has 0 aliphatic carbocycles. The molecule has 1 aromatic heterocycles. The lowest BCUT2D eigenvalue weighted by Gasteiger charge is -2.31. The van der Waals surface area contributed by atoms with Gasteiger partial charge < -0.3 is 15.1 Å². The molecule has 2 heterocycles. The fourth-order valence-corrected chi connectivity index (χ4v) is 6.23. The predicted octanol–water partition coefficient (Wildman–Crippen LogP) is 4.70. The first-order valence-electron chi connectivity index (χ1n) is 11.3. The lowest BCUT2D eigenvalue weighted by atomic mass is 9.98. The second-order valence-electron chi connectivity index (χ2n) is 8.49. The number of furan rings is 1. The second-order valence-corrected chi connectivity index (χ2v) is 11.3. The third-order valence-electron chi connectivity index (χ3n) is 5.93. The number of piperidine rings is 1. The molecular formula is C25H25Cl2N3O5S. The molecule has 1 aliphatic heterocycles. The van der Waals surface area contributed by atoms with E-state index in [1.54, 1.807) is 48.5 Å². The lowest BCUT2D eigenvalue weighted by molar-refractivity contribution is -0.120. The van der Waals surface area contributed by atoms with Crippen LogP contribution in [-0.4, -0.2) is 37.6 Å². The number of rotatable bonds is 8. The number of hydrogen-bond acceptors (Lipinski definition) is 5. The lowest BCUT2D eigenvalue weighted by Crippen LogP contribution is -2.44. The summed E-state index contributed by atoms with van der Waals surface area (Å²) in [7, 11) is -3.71. The highest BCUT2D eigenvalue weighted by molar-refractivity contribution is 7.88. The zero-order valence-corrected chi connectivity index (χ0v) is 21.6. The number of amides is 2. The van der Waals surface area contributed by atoms with Crippen LogP contribution >= 0.6 is 23.2 Å². The number of carbonyl (C=O) groups excluding carboxylic acids is 2. The summed E-state index contributed by atoms with van der Waals surface area (Å²) in [5.74, 6) is -0.946. The first-order valence-corrected chi connectivity index (χ1v) is 13.7. The SMILES string of the molecule is O=C(NCc1ccco1)c1ccccc1NC(=O)[C@H]1CCCN(S(=O)(=O)Cc2ccc(Cl)cc2Cl)C1. The van der Waals surface area contributed by atoms with Crippen LogP contribution < -0.4 is 10.6 Å². The van der Waals surface area contributed by atoms with Gasteiger partial charge >= 0.3 is 0 Å². The number of benzene rings is 2. The summed E-state index contributed by atoms with van der Waals surface area (Å²) < 4.78 is 32.7. The Bertz CT molecular complexity index is 1350. The van der Waals surface area contributed by atoms with Gasteiger partial charge in [-0.2, -0.15) is 0 Å². The van der Waals surface area contributed by atoms with Gasteiger partial charge in [0.15, 0.2) is 0 Å². The van der Waals surface area contributed by atoms with E-state index in [0.29, 0.717) is 47.0 Å². The maximum absolute atomic E-state index is 13.1. The van der Waals surface area contributed by atoms with Crippen LogP contribution in [0, 0.1) is 5.92 Å². The summed E-state index contributed by atoms with van der Waals surface area (Å²) in [5, 5.41) is 6.27. The van der Waals surface area contributed by atoms with Gasteiger partial charge in [0.2, 0.25) is 15.9 Å². The van der Waals surface area contributed by atoms with Gasteiger partial charge in [-0.15, -0.1) is 0 Å². The van der Waals surface area contributed by atoms with E-state index in [1.807, 2.05) is 0 Å². The van der Waals surface area contributed by atoms with Crippen molar-refractivity contribution in [3.05, 3.63) is 87.8 Å². The van der Waals surface area contributed by atoms with Gasteiger partial charge in [0.1, 0.15) is 5.76 Å². The van der Waals surface area contributed by atoms with Crippen molar-refractivity contribution in [3.63, 3.8) is 0 Å².